The molecule has 1 aliphatic heterocycles. The summed E-state index contributed by atoms with van der Waals surface area (Å²) in [4.78, 5) is 16.1. The Morgan fingerprint density at radius 3 is 2.44 bits per heavy atom. The number of rotatable bonds is 4. The van der Waals surface area contributed by atoms with Crippen LogP contribution in [0, 0.1) is 5.82 Å². The van der Waals surface area contributed by atoms with Gasteiger partial charge in [0.2, 0.25) is 5.82 Å². The Hall–Kier alpha value is -3.35. The third kappa shape index (κ3) is 2.71. The molecule has 4 rings (SSSR count). The summed E-state index contributed by atoms with van der Waals surface area (Å²) in [5.41, 5.74) is 3.68. The second-order valence-corrected chi connectivity index (χ2v) is 6.21. The van der Waals surface area contributed by atoms with Gasteiger partial charge in [0.1, 0.15) is 5.82 Å². The Labute approximate surface area is 154 Å². The number of aromatic nitrogens is 2. The monoisotopic (exact) mass is 368 g/mol. The first-order chi connectivity index (χ1) is 13.0. The van der Waals surface area contributed by atoms with Crippen LogP contribution in [0.4, 0.5) is 4.39 Å². The van der Waals surface area contributed by atoms with Crippen molar-refractivity contribution in [3.8, 4) is 34.0 Å². The highest BCUT2D eigenvalue weighted by molar-refractivity contribution is 5.91. The van der Waals surface area contributed by atoms with Crippen molar-refractivity contribution in [1.82, 2.24) is 9.55 Å². The van der Waals surface area contributed by atoms with Gasteiger partial charge in [-0.25, -0.2) is 14.2 Å². The summed E-state index contributed by atoms with van der Waals surface area (Å²) in [6, 6.07) is 9.59. The number of aryl methyl sites for hydroxylation is 1. The first-order valence-electron chi connectivity index (χ1n) is 8.38. The summed E-state index contributed by atoms with van der Waals surface area (Å²) >= 11 is 0. The maximum Gasteiger partial charge on any atom is 0.372 e. The van der Waals surface area contributed by atoms with E-state index in [0.717, 1.165) is 11.1 Å². The quantitative estimate of drug-likeness (QED) is 0.761. The third-order valence-corrected chi connectivity index (χ3v) is 4.75. The van der Waals surface area contributed by atoms with Gasteiger partial charge in [-0.2, -0.15) is 0 Å². The van der Waals surface area contributed by atoms with Gasteiger partial charge in [-0.05, 0) is 48.4 Å². The van der Waals surface area contributed by atoms with Crippen LogP contribution >= 0.6 is 0 Å². The normalized spacial score (nSPS) is 12.3. The minimum absolute atomic E-state index is 0.0373. The zero-order valence-corrected chi connectivity index (χ0v) is 14.8. The molecule has 0 aliphatic carbocycles. The Bertz CT molecular complexity index is 1040. The summed E-state index contributed by atoms with van der Waals surface area (Å²) in [7, 11) is 3.12. The second-order valence-electron chi connectivity index (χ2n) is 6.21. The highest BCUT2D eigenvalue weighted by Gasteiger charge is 2.29. The number of hydrogen-bond acceptors (Lipinski definition) is 4. The van der Waals surface area contributed by atoms with E-state index in [9.17, 15) is 14.3 Å². The van der Waals surface area contributed by atoms with E-state index in [2.05, 4.69) is 4.98 Å². The SMILES string of the molecule is COc1cc2c(cc1OC)-c1c(-c3ccc(F)cc3)nc(C(=O)O)n1CC2. The van der Waals surface area contributed by atoms with E-state index in [0.29, 0.717) is 41.4 Å². The molecule has 3 aromatic rings. The molecule has 0 fully saturated rings. The molecule has 0 saturated carbocycles. The van der Waals surface area contributed by atoms with Gasteiger partial charge in [-0.1, -0.05) is 0 Å². The molecule has 1 aliphatic rings. The highest BCUT2D eigenvalue weighted by Crippen LogP contribution is 2.42. The predicted octanol–water partition coefficient (Wildman–Crippen LogP) is 3.63. The highest BCUT2D eigenvalue weighted by atomic mass is 19.1. The van der Waals surface area contributed by atoms with Crippen LogP contribution < -0.4 is 9.47 Å². The van der Waals surface area contributed by atoms with Crippen molar-refractivity contribution < 1.29 is 23.8 Å². The van der Waals surface area contributed by atoms with Crippen LogP contribution in [0.15, 0.2) is 36.4 Å². The average Bonchev–Trinajstić information content (AvgIpc) is 3.07. The van der Waals surface area contributed by atoms with Crippen LogP contribution in [0.5, 0.6) is 11.5 Å². The van der Waals surface area contributed by atoms with Crippen molar-refractivity contribution in [2.75, 3.05) is 14.2 Å². The molecule has 0 atom stereocenters. The van der Waals surface area contributed by atoms with Crippen LogP contribution in [0.2, 0.25) is 0 Å². The van der Waals surface area contributed by atoms with Crippen molar-refractivity contribution in [1.29, 1.82) is 0 Å². The molecule has 7 heteroatoms. The molecule has 0 spiro atoms. The first kappa shape index (κ1) is 17.1. The fourth-order valence-corrected chi connectivity index (χ4v) is 3.50. The third-order valence-electron chi connectivity index (χ3n) is 4.75. The number of carbonyl (C=O) groups is 1. The summed E-state index contributed by atoms with van der Waals surface area (Å²) in [6.07, 6.45) is 0.641. The number of methoxy groups -OCH3 is 2. The van der Waals surface area contributed by atoms with Gasteiger partial charge >= 0.3 is 5.97 Å². The zero-order valence-electron chi connectivity index (χ0n) is 14.8. The number of fused-ring (bicyclic) bond motifs is 3. The number of ether oxygens (including phenoxy) is 2. The second kappa shape index (κ2) is 6.42. The maximum atomic E-state index is 13.3. The molecule has 1 N–H and O–H groups in total. The number of hydrogen-bond donors (Lipinski definition) is 1. The molecule has 2 aromatic carbocycles. The average molecular weight is 368 g/mol. The topological polar surface area (TPSA) is 73.6 Å². The lowest BCUT2D eigenvalue weighted by Gasteiger charge is -2.22. The van der Waals surface area contributed by atoms with E-state index < -0.39 is 5.97 Å². The van der Waals surface area contributed by atoms with Crippen molar-refractivity contribution in [2.24, 2.45) is 0 Å². The summed E-state index contributed by atoms with van der Waals surface area (Å²) in [6.45, 7) is 0.480. The summed E-state index contributed by atoms with van der Waals surface area (Å²) < 4.78 is 25.8. The van der Waals surface area contributed by atoms with E-state index in [1.807, 2.05) is 12.1 Å². The van der Waals surface area contributed by atoms with Gasteiger partial charge in [0.25, 0.3) is 0 Å². The lowest BCUT2D eigenvalue weighted by Crippen LogP contribution is -2.16. The van der Waals surface area contributed by atoms with Crippen molar-refractivity contribution in [2.45, 2.75) is 13.0 Å². The summed E-state index contributed by atoms with van der Waals surface area (Å²) in [5.74, 6) is -0.339. The largest absolute Gasteiger partial charge is 0.493 e. The first-order valence-corrected chi connectivity index (χ1v) is 8.38. The number of halogens is 1. The Morgan fingerprint density at radius 1 is 1.15 bits per heavy atom. The number of carboxylic acid groups (broad SMARTS) is 1. The van der Waals surface area contributed by atoms with E-state index in [-0.39, 0.29) is 11.6 Å². The molecular formula is C20H17FN2O4. The fraction of sp³-hybridized carbons (Fsp3) is 0.200. The lowest BCUT2D eigenvalue weighted by atomic mass is 9.94. The van der Waals surface area contributed by atoms with Gasteiger partial charge in [0.15, 0.2) is 11.5 Å². The molecule has 0 saturated heterocycles. The maximum absolute atomic E-state index is 13.3. The van der Waals surface area contributed by atoms with Gasteiger partial charge in [-0.15, -0.1) is 0 Å². The predicted molar refractivity (Wildman–Crippen MR) is 96.8 cm³/mol. The van der Waals surface area contributed by atoms with Gasteiger partial charge in [0.05, 0.1) is 25.6 Å². The molecule has 0 amide bonds. The molecule has 6 nitrogen and oxygen atoms in total. The Morgan fingerprint density at radius 2 is 1.81 bits per heavy atom. The molecule has 27 heavy (non-hydrogen) atoms. The number of imidazole rings is 1. The van der Waals surface area contributed by atoms with E-state index in [1.54, 1.807) is 30.9 Å². The Kier molecular flexibility index (Phi) is 4.07. The molecular weight excluding hydrogens is 351 g/mol. The standard InChI is InChI=1S/C20H17FN2O4/c1-26-15-9-12-7-8-23-18(14(12)10-16(15)27-2)17(22-19(23)20(24)25)11-3-5-13(21)6-4-11/h3-6,9-10H,7-8H2,1-2H3,(H,24,25). The number of benzene rings is 2. The molecule has 0 unspecified atom stereocenters. The minimum atomic E-state index is -1.10. The fourth-order valence-electron chi connectivity index (χ4n) is 3.50. The van der Waals surface area contributed by atoms with Crippen LogP contribution in [0.1, 0.15) is 16.2 Å². The van der Waals surface area contributed by atoms with E-state index in [1.165, 1.54) is 12.1 Å². The number of carboxylic acids is 1. The van der Waals surface area contributed by atoms with Crippen LogP contribution in [0.3, 0.4) is 0 Å². The van der Waals surface area contributed by atoms with Crippen LogP contribution in [-0.4, -0.2) is 34.8 Å². The summed E-state index contributed by atoms with van der Waals surface area (Å²) in [5, 5.41) is 9.59. The van der Waals surface area contributed by atoms with Gasteiger partial charge < -0.3 is 19.1 Å². The molecule has 0 radical (unpaired) electrons. The zero-order chi connectivity index (χ0) is 19.1. The minimum Gasteiger partial charge on any atom is -0.493 e. The van der Waals surface area contributed by atoms with Crippen LogP contribution in [0.25, 0.3) is 22.5 Å². The molecule has 138 valence electrons. The van der Waals surface area contributed by atoms with E-state index in [4.69, 9.17) is 9.47 Å². The van der Waals surface area contributed by atoms with Gasteiger partial charge in [-0.3, -0.25) is 0 Å². The van der Waals surface area contributed by atoms with Crippen molar-refractivity contribution in [3.05, 3.63) is 53.6 Å². The van der Waals surface area contributed by atoms with Crippen molar-refractivity contribution in [3.63, 3.8) is 0 Å². The molecule has 2 heterocycles. The van der Waals surface area contributed by atoms with Gasteiger partial charge in [0, 0.05) is 17.7 Å². The number of nitrogens with zero attached hydrogens (tertiary/aromatic N) is 2. The smallest absolute Gasteiger partial charge is 0.372 e. The number of aromatic carboxylic acids is 1. The van der Waals surface area contributed by atoms with Crippen LogP contribution in [-0.2, 0) is 13.0 Å². The van der Waals surface area contributed by atoms with E-state index >= 15 is 0 Å². The molecule has 1 aromatic heterocycles. The molecule has 0 bridgehead atoms. The lowest BCUT2D eigenvalue weighted by molar-refractivity contribution is 0.0678. The Balaban J connectivity index is 2.00. The van der Waals surface area contributed by atoms with Crippen molar-refractivity contribution >= 4 is 5.97 Å².